The lowest BCUT2D eigenvalue weighted by Gasteiger charge is -2.52. The first-order valence-corrected chi connectivity index (χ1v) is 14.1. The van der Waals surface area contributed by atoms with Crippen LogP contribution in [0.15, 0.2) is 58.3 Å². The topological polar surface area (TPSA) is 59.5 Å². The highest BCUT2D eigenvalue weighted by molar-refractivity contribution is 5.86. The summed E-state index contributed by atoms with van der Waals surface area (Å²) in [7, 11) is 1.49. The van der Waals surface area contributed by atoms with Crippen LogP contribution in [0, 0.1) is 11.8 Å². The second-order valence-electron chi connectivity index (χ2n) is 11.5. The van der Waals surface area contributed by atoms with Gasteiger partial charge in [-0.25, -0.2) is 0 Å². The second kappa shape index (κ2) is 10.5. The van der Waals surface area contributed by atoms with Gasteiger partial charge in [0.05, 0.1) is 23.8 Å². The van der Waals surface area contributed by atoms with Crippen LogP contribution in [0.2, 0.25) is 0 Å². The summed E-state index contributed by atoms with van der Waals surface area (Å²) in [6.07, 6.45) is -6.06. The van der Waals surface area contributed by atoms with E-state index in [4.69, 9.17) is 4.74 Å². The van der Waals surface area contributed by atoms with Crippen LogP contribution in [0.3, 0.4) is 0 Å². The number of ether oxygens (including phenoxy) is 1. The Kier molecular flexibility index (Phi) is 7.14. The molecule has 43 heavy (non-hydrogen) atoms. The Morgan fingerprint density at radius 3 is 2.26 bits per heavy atom. The summed E-state index contributed by atoms with van der Waals surface area (Å²) in [6, 6.07) is 7.68. The molecule has 1 aromatic heterocycles. The molecule has 0 aliphatic carbocycles. The molecule has 0 spiro atoms. The van der Waals surface area contributed by atoms with Crippen molar-refractivity contribution in [2.45, 2.75) is 50.5 Å². The number of methoxy groups -OCH3 is 1. The number of benzene rings is 2. The number of alkyl halides is 6. The molecule has 3 aliphatic heterocycles. The lowest BCUT2D eigenvalue weighted by Crippen LogP contribution is -2.56. The molecule has 4 heterocycles. The number of aromatic nitrogens is 1. The summed E-state index contributed by atoms with van der Waals surface area (Å²) in [5.74, 6) is 0.493. The zero-order valence-electron chi connectivity index (χ0n) is 23.4. The van der Waals surface area contributed by atoms with Crippen LogP contribution in [0.5, 0.6) is 5.75 Å². The van der Waals surface area contributed by atoms with Crippen molar-refractivity contribution in [3.05, 3.63) is 91.4 Å². The first-order chi connectivity index (χ1) is 20.3. The Hall–Kier alpha value is -3.73. The van der Waals surface area contributed by atoms with Crippen LogP contribution in [-0.4, -0.2) is 36.1 Å². The Morgan fingerprint density at radius 2 is 1.67 bits per heavy atom. The smallest absolute Gasteiger partial charge is 0.416 e. The lowest BCUT2D eigenvalue weighted by atomic mass is 9.67. The fourth-order valence-electron chi connectivity index (χ4n) is 7.18. The van der Waals surface area contributed by atoms with Gasteiger partial charge in [-0.3, -0.25) is 19.5 Å². The molecule has 2 bridgehead atoms. The second-order valence-corrected chi connectivity index (χ2v) is 11.5. The summed E-state index contributed by atoms with van der Waals surface area (Å²) in [5, 5.41) is 0.626. The molecule has 4 aromatic rings. The van der Waals surface area contributed by atoms with Crippen molar-refractivity contribution in [3.8, 4) is 16.9 Å². The van der Waals surface area contributed by atoms with Gasteiger partial charge in [0.1, 0.15) is 5.75 Å². The van der Waals surface area contributed by atoms with Crippen molar-refractivity contribution >= 4 is 10.9 Å². The number of nitrogens with zero attached hydrogens (tertiary/aromatic N) is 2. The molecule has 3 aromatic carbocycles. The molecular weight excluding hydrogens is 574 g/mol. The minimum Gasteiger partial charge on any atom is -0.497 e. The molecule has 3 fully saturated rings. The third-order valence-electron chi connectivity index (χ3n) is 9.30. The van der Waals surface area contributed by atoms with Gasteiger partial charge in [0.25, 0.3) is 0 Å². The fraction of sp³-hybridized carbons (Fsp3) is 0.406. The Labute approximate surface area is 242 Å². The molecule has 0 amide bonds. The Morgan fingerprint density at radius 1 is 0.977 bits per heavy atom. The first kappa shape index (κ1) is 29.3. The van der Waals surface area contributed by atoms with Gasteiger partial charge in [0.2, 0.25) is 10.9 Å². The Balaban J connectivity index is 1.60. The lowest BCUT2D eigenvalue weighted by molar-refractivity contribution is -0.143. The zero-order chi connectivity index (χ0) is 30.8. The van der Waals surface area contributed by atoms with Gasteiger partial charge < -0.3 is 4.74 Å². The molecule has 5 nitrogen and oxygen atoms in total. The van der Waals surface area contributed by atoms with Crippen LogP contribution in [0.25, 0.3) is 22.0 Å². The number of rotatable bonds is 6. The van der Waals surface area contributed by atoms with Gasteiger partial charge in [-0.15, -0.1) is 0 Å². The van der Waals surface area contributed by atoms with Crippen molar-refractivity contribution in [2.24, 2.45) is 11.8 Å². The molecule has 0 N–H and O–H groups in total. The van der Waals surface area contributed by atoms with Crippen LogP contribution in [0.4, 0.5) is 26.3 Å². The zero-order valence-corrected chi connectivity index (χ0v) is 23.4. The largest absolute Gasteiger partial charge is 0.497 e. The maximum absolute atomic E-state index is 13.8. The van der Waals surface area contributed by atoms with Gasteiger partial charge in [0.15, 0.2) is 0 Å². The standard InChI is InChI=1S/C32H28F6N2O3/c1-3-16-15-40-9-7-17(16)12-25(40)27(22-6-8-39-24-5-4-21(43-2)14-23(22)24)28-26(29(41)30(28)42)18-10-19(31(33,34)35)13-20(11-18)32(36,37)38/h4-6,8,10-11,13-14,16-17,25,27H,3,7,9,12,15H2,1-2H3/t16-,17-,25-,27+/m0/s1. The maximum atomic E-state index is 13.8. The summed E-state index contributed by atoms with van der Waals surface area (Å²) >= 11 is 0. The highest BCUT2D eigenvalue weighted by Crippen LogP contribution is 2.48. The first-order valence-electron chi connectivity index (χ1n) is 14.1. The van der Waals surface area contributed by atoms with E-state index < -0.39 is 51.4 Å². The molecule has 3 saturated heterocycles. The van der Waals surface area contributed by atoms with E-state index >= 15 is 0 Å². The quantitative estimate of drug-likeness (QED) is 0.180. The third kappa shape index (κ3) is 5.01. The molecule has 5 atom stereocenters. The molecule has 1 unspecified atom stereocenters. The molecule has 226 valence electrons. The van der Waals surface area contributed by atoms with Gasteiger partial charge in [-0.2, -0.15) is 26.3 Å². The SMILES string of the molecule is CC[C@H]1CN2CC[C@H]1C[C@H]2[C@H](c1c(-c2cc(C(F)(F)F)cc(C(F)(F)F)c2)c(=O)c1=O)c1ccnc2ccc(OC)cc12. The number of halogens is 6. The van der Waals surface area contributed by atoms with E-state index in [1.165, 1.54) is 7.11 Å². The average molecular weight is 603 g/mol. The predicted octanol–water partition coefficient (Wildman–Crippen LogP) is 6.80. The number of hydrogen-bond donors (Lipinski definition) is 0. The van der Waals surface area contributed by atoms with Gasteiger partial charge in [-0.1, -0.05) is 13.3 Å². The maximum Gasteiger partial charge on any atom is 0.416 e. The average Bonchev–Trinajstić information content (AvgIpc) is 2.99. The molecule has 11 heteroatoms. The van der Waals surface area contributed by atoms with Crippen molar-refractivity contribution in [1.29, 1.82) is 0 Å². The van der Waals surface area contributed by atoms with E-state index in [-0.39, 0.29) is 17.7 Å². The summed E-state index contributed by atoms with van der Waals surface area (Å²) in [5.41, 5.74) is -4.90. The van der Waals surface area contributed by atoms with Crippen molar-refractivity contribution in [3.63, 3.8) is 0 Å². The number of piperidine rings is 3. The molecule has 0 saturated carbocycles. The molecule has 0 radical (unpaired) electrons. The van der Waals surface area contributed by atoms with Crippen LogP contribution in [-0.2, 0) is 12.4 Å². The van der Waals surface area contributed by atoms with Crippen molar-refractivity contribution in [2.75, 3.05) is 20.2 Å². The monoisotopic (exact) mass is 602 g/mol. The molecular formula is C32H28F6N2O3. The van der Waals surface area contributed by atoms with E-state index in [1.54, 1.807) is 30.5 Å². The third-order valence-corrected chi connectivity index (χ3v) is 9.30. The van der Waals surface area contributed by atoms with E-state index in [2.05, 4.69) is 16.8 Å². The normalized spacial score (nSPS) is 23.2. The van der Waals surface area contributed by atoms with E-state index in [0.717, 1.165) is 25.9 Å². The van der Waals surface area contributed by atoms with E-state index in [1.807, 2.05) is 0 Å². The minimum atomic E-state index is -5.10. The highest BCUT2D eigenvalue weighted by atomic mass is 19.4. The van der Waals surface area contributed by atoms with E-state index in [9.17, 15) is 35.9 Å². The summed E-state index contributed by atoms with van der Waals surface area (Å²) in [6.45, 7) is 3.60. The number of hydrogen-bond acceptors (Lipinski definition) is 5. The van der Waals surface area contributed by atoms with Crippen molar-refractivity contribution < 1.29 is 31.1 Å². The van der Waals surface area contributed by atoms with Crippen LogP contribution < -0.4 is 15.6 Å². The van der Waals surface area contributed by atoms with Gasteiger partial charge >= 0.3 is 12.4 Å². The highest BCUT2D eigenvalue weighted by Gasteiger charge is 2.46. The van der Waals surface area contributed by atoms with Crippen LogP contribution in [0.1, 0.15) is 54.4 Å². The molecule has 3 aliphatic rings. The Bertz CT molecular complexity index is 1740. The van der Waals surface area contributed by atoms with Gasteiger partial charge in [0, 0.05) is 41.2 Å². The minimum absolute atomic E-state index is 0.0194. The van der Waals surface area contributed by atoms with Crippen molar-refractivity contribution in [1.82, 2.24) is 9.88 Å². The number of pyridine rings is 1. The molecule has 7 rings (SSSR count). The van der Waals surface area contributed by atoms with Gasteiger partial charge in [-0.05, 0) is 84.8 Å². The number of fused-ring (bicyclic) bond motifs is 4. The summed E-state index contributed by atoms with van der Waals surface area (Å²) < 4.78 is 88.0. The predicted molar refractivity (Wildman–Crippen MR) is 149 cm³/mol. The van der Waals surface area contributed by atoms with Crippen LogP contribution >= 0.6 is 0 Å². The van der Waals surface area contributed by atoms with E-state index in [0.29, 0.717) is 52.6 Å². The summed E-state index contributed by atoms with van der Waals surface area (Å²) in [4.78, 5) is 33.2. The fourth-order valence-corrected chi connectivity index (χ4v) is 7.18.